The zero-order valence-electron chi connectivity index (χ0n) is 9.62. The fourth-order valence-electron chi connectivity index (χ4n) is 1.36. The Bertz CT molecular complexity index is 377. The highest BCUT2D eigenvalue weighted by atomic mass is 35.5. The van der Waals surface area contributed by atoms with Crippen LogP contribution >= 0.6 is 11.6 Å². The summed E-state index contributed by atoms with van der Waals surface area (Å²) in [7, 11) is 1.57. The SMILES string of the molecule is CCOc1ccc(OC)cc1C(Cl)C(C)=O. The Morgan fingerprint density at radius 3 is 2.69 bits per heavy atom. The van der Waals surface area contributed by atoms with Gasteiger partial charge in [0.25, 0.3) is 0 Å². The normalized spacial score (nSPS) is 12.0. The summed E-state index contributed by atoms with van der Waals surface area (Å²) in [5.74, 6) is 1.17. The summed E-state index contributed by atoms with van der Waals surface area (Å²) in [6, 6.07) is 5.26. The Hall–Kier alpha value is -1.22. The van der Waals surface area contributed by atoms with Crippen molar-refractivity contribution in [3.8, 4) is 11.5 Å². The lowest BCUT2D eigenvalue weighted by Crippen LogP contribution is -2.05. The second-order valence-corrected chi connectivity index (χ2v) is 3.75. The minimum absolute atomic E-state index is 0.115. The molecule has 4 heteroatoms. The first-order valence-corrected chi connectivity index (χ1v) is 5.49. The van der Waals surface area contributed by atoms with E-state index >= 15 is 0 Å². The van der Waals surface area contributed by atoms with Crippen molar-refractivity contribution in [3.05, 3.63) is 23.8 Å². The van der Waals surface area contributed by atoms with Gasteiger partial charge in [0.15, 0.2) is 5.78 Å². The van der Waals surface area contributed by atoms with Crippen molar-refractivity contribution < 1.29 is 14.3 Å². The summed E-state index contributed by atoms with van der Waals surface area (Å²) >= 11 is 6.03. The molecule has 1 aromatic rings. The lowest BCUT2D eigenvalue weighted by atomic mass is 10.1. The van der Waals surface area contributed by atoms with Gasteiger partial charge >= 0.3 is 0 Å². The summed E-state index contributed by atoms with van der Waals surface area (Å²) in [6.45, 7) is 3.86. The molecular weight excluding hydrogens is 228 g/mol. The molecule has 0 aliphatic carbocycles. The number of rotatable bonds is 5. The average molecular weight is 243 g/mol. The highest BCUT2D eigenvalue weighted by Gasteiger charge is 2.18. The van der Waals surface area contributed by atoms with Crippen molar-refractivity contribution >= 4 is 17.4 Å². The van der Waals surface area contributed by atoms with Crippen molar-refractivity contribution in [1.82, 2.24) is 0 Å². The maximum atomic E-state index is 11.3. The first kappa shape index (κ1) is 12.8. The Morgan fingerprint density at radius 1 is 1.50 bits per heavy atom. The number of alkyl halides is 1. The molecule has 88 valence electrons. The quantitative estimate of drug-likeness (QED) is 0.745. The highest BCUT2D eigenvalue weighted by Crippen LogP contribution is 2.33. The van der Waals surface area contributed by atoms with Gasteiger partial charge in [-0.1, -0.05) is 0 Å². The minimum atomic E-state index is -0.698. The molecular formula is C12H15ClO3. The van der Waals surface area contributed by atoms with E-state index in [4.69, 9.17) is 21.1 Å². The molecule has 0 aromatic heterocycles. The van der Waals surface area contributed by atoms with Crippen LogP contribution in [0.3, 0.4) is 0 Å². The number of carbonyl (C=O) groups is 1. The molecule has 0 saturated heterocycles. The maximum absolute atomic E-state index is 11.3. The fraction of sp³-hybridized carbons (Fsp3) is 0.417. The van der Waals surface area contributed by atoms with Crippen molar-refractivity contribution in [1.29, 1.82) is 0 Å². The van der Waals surface area contributed by atoms with Crippen LogP contribution < -0.4 is 9.47 Å². The smallest absolute Gasteiger partial charge is 0.152 e. The number of methoxy groups -OCH3 is 1. The van der Waals surface area contributed by atoms with E-state index in [9.17, 15) is 4.79 Å². The van der Waals surface area contributed by atoms with Crippen molar-refractivity contribution in [2.75, 3.05) is 13.7 Å². The minimum Gasteiger partial charge on any atom is -0.497 e. The number of hydrogen-bond donors (Lipinski definition) is 0. The summed E-state index contributed by atoms with van der Waals surface area (Å²) in [5, 5.41) is -0.698. The third-order valence-electron chi connectivity index (χ3n) is 2.15. The van der Waals surface area contributed by atoms with Crippen LogP contribution in [0.1, 0.15) is 24.8 Å². The molecule has 3 nitrogen and oxygen atoms in total. The first-order valence-electron chi connectivity index (χ1n) is 5.05. The maximum Gasteiger partial charge on any atom is 0.152 e. The van der Waals surface area contributed by atoms with E-state index in [2.05, 4.69) is 0 Å². The molecule has 0 amide bonds. The third kappa shape index (κ3) is 2.89. The monoisotopic (exact) mass is 242 g/mol. The van der Waals surface area contributed by atoms with Crippen LogP contribution in [0.4, 0.5) is 0 Å². The molecule has 0 fully saturated rings. The standard InChI is InChI=1S/C12H15ClO3/c1-4-16-11-6-5-9(15-3)7-10(11)12(13)8(2)14/h5-7,12H,4H2,1-3H3. The van der Waals surface area contributed by atoms with Crippen LogP contribution in [0, 0.1) is 0 Å². The van der Waals surface area contributed by atoms with Gasteiger partial charge in [0.1, 0.15) is 16.9 Å². The van der Waals surface area contributed by atoms with E-state index in [1.807, 2.05) is 6.92 Å². The van der Waals surface area contributed by atoms with Gasteiger partial charge in [-0.3, -0.25) is 4.79 Å². The number of halogens is 1. The number of ketones is 1. The van der Waals surface area contributed by atoms with Gasteiger partial charge in [0.2, 0.25) is 0 Å². The van der Waals surface area contributed by atoms with Crippen LogP contribution in [0.2, 0.25) is 0 Å². The van der Waals surface area contributed by atoms with Gasteiger partial charge in [0.05, 0.1) is 13.7 Å². The number of Topliss-reactive ketones (excluding diaryl/α,β-unsaturated/α-hetero) is 1. The Morgan fingerprint density at radius 2 is 2.19 bits per heavy atom. The molecule has 0 saturated carbocycles. The van der Waals surface area contributed by atoms with E-state index in [0.717, 1.165) is 0 Å². The molecule has 0 N–H and O–H groups in total. The van der Waals surface area contributed by atoms with E-state index in [1.165, 1.54) is 6.92 Å². The Kier molecular flexibility index (Phi) is 4.62. The molecule has 1 rings (SSSR count). The number of carbonyl (C=O) groups excluding carboxylic acids is 1. The van der Waals surface area contributed by atoms with Gasteiger partial charge in [-0.25, -0.2) is 0 Å². The molecule has 1 aromatic carbocycles. The first-order chi connectivity index (χ1) is 7.60. The van der Waals surface area contributed by atoms with E-state index in [1.54, 1.807) is 25.3 Å². The molecule has 0 aliphatic heterocycles. The largest absolute Gasteiger partial charge is 0.497 e. The predicted molar refractivity (Wildman–Crippen MR) is 63.4 cm³/mol. The molecule has 1 atom stereocenters. The molecule has 1 unspecified atom stereocenters. The second-order valence-electron chi connectivity index (χ2n) is 3.31. The summed E-state index contributed by atoms with van der Waals surface area (Å²) < 4.78 is 10.5. The number of benzene rings is 1. The van der Waals surface area contributed by atoms with E-state index < -0.39 is 5.38 Å². The molecule has 0 aliphatic rings. The lowest BCUT2D eigenvalue weighted by Gasteiger charge is -2.14. The van der Waals surface area contributed by atoms with Crippen LogP contribution in [0.5, 0.6) is 11.5 Å². The zero-order valence-corrected chi connectivity index (χ0v) is 10.4. The van der Waals surface area contributed by atoms with Crippen LogP contribution in [0.25, 0.3) is 0 Å². The summed E-state index contributed by atoms with van der Waals surface area (Å²) in [4.78, 5) is 11.3. The lowest BCUT2D eigenvalue weighted by molar-refractivity contribution is -0.116. The Labute approximate surface area is 100 Å². The van der Waals surface area contributed by atoms with Crippen LogP contribution in [-0.2, 0) is 4.79 Å². The van der Waals surface area contributed by atoms with Crippen molar-refractivity contribution in [3.63, 3.8) is 0 Å². The summed E-state index contributed by atoms with van der Waals surface area (Å²) in [5.41, 5.74) is 0.648. The van der Waals surface area contributed by atoms with E-state index in [-0.39, 0.29) is 5.78 Å². The van der Waals surface area contributed by atoms with E-state index in [0.29, 0.717) is 23.7 Å². The van der Waals surface area contributed by atoms with Gasteiger partial charge in [-0.15, -0.1) is 11.6 Å². The average Bonchev–Trinajstić information content (AvgIpc) is 2.29. The third-order valence-corrected chi connectivity index (χ3v) is 2.69. The predicted octanol–water partition coefficient (Wildman–Crippen LogP) is 2.96. The number of ether oxygens (including phenoxy) is 2. The molecule has 0 heterocycles. The molecule has 0 bridgehead atoms. The van der Waals surface area contributed by atoms with Crippen LogP contribution in [0.15, 0.2) is 18.2 Å². The number of hydrogen-bond acceptors (Lipinski definition) is 3. The molecule has 0 spiro atoms. The summed E-state index contributed by atoms with van der Waals surface area (Å²) in [6.07, 6.45) is 0. The zero-order chi connectivity index (χ0) is 12.1. The van der Waals surface area contributed by atoms with Crippen LogP contribution in [-0.4, -0.2) is 19.5 Å². The van der Waals surface area contributed by atoms with Crippen molar-refractivity contribution in [2.24, 2.45) is 0 Å². The van der Waals surface area contributed by atoms with Crippen molar-refractivity contribution in [2.45, 2.75) is 19.2 Å². The Balaban J connectivity index is 3.14. The molecule has 16 heavy (non-hydrogen) atoms. The second kappa shape index (κ2) is 5.75. The van der Waals surface area contributed by atoms with Gasteiger partial charge < -0.3 is 9.47 Å². The molecule has 0 radical (unpaired) electrons. The van der Waals surface area contributed by atoms with Gasteiger partial charge in [0, 0.05) is 5.56 Å². The topological polar surface area (TPSA) is 35.5 Å². The highest BCUT2D eigenvalue weighted by molar-refractivity contribution is 6.31. The fourth-order valence-corrected chi connectivity index (χ4v) is 1.53. The van der Waals surface area contributed by atoms with Gasteiger partial charge in [-0.05, 0) is 32.0 Å². The van der Waals surface area contributed by atoms with Gasteiger partial charge in [-0.2, -0.15) is 0 Å².